The maximum absolute atomic E-state index is 5.27. The number of nitrogens with zero attached hydrogens (tertiary/aromatic N) is 2. The van der Waals surface area contributed by atoms with E-state index >= 15 is 0 Å². The first-order valence-electron chi connectivity index (χ1n) is 5.53. The molecule has 2 rings (SSSR count). The van der Waals surface area contributed by atoms with Crippen molar-refractivity contribution in [1.82, 2.24) is 10.2 Å². The van der Waals surface area contributed by atoms with Crippen molar-refractivity contribution in [3.8, 4) is 5.88 Å². The van der Waals surface area contributed by atoms with Crippen LogP contribution in [0.3, 0.4) is 0 Å². The Bertz CT molecular complexity index is 393. The van der Waals surface area contributed by atoms with E-state index in [1.165, 1.54) is 24.0 Å². The summed E-state index contributed by atoms with van der Waals surface area (Å²) in [4.78, 5) is 0. The van der Waals surface area contributed by atoms with Crippen molar-refractivity contribution in [3.63, 3.8) is 0 Å². The number of fused-ring (bicyclic) bond motifs is 1. The predicted molar refractivity (Wildman–Crippen MR) is 66.1 cm³/mol. The monoisotopic (exact) mass is 236 g/mol. The fraction of sp³-hybridized carbons (Fsp3) is 0.500. The van der Waals surface area contributed by atoms with E-state index in [9.17, 15) is 0 Å². The van der Waals surface area contributed by atoms with Crippen molar-refractivity contribution in [2.45, 2.75) is 30.7 Å². The van der Waals surface area contributed by atoms with Gasteiger partial charge < -0.3 is 4.74 Å². The maximum Gasteiger partial charge on any atom is 0.236 e. The van der Waals surface area contributed by atoms with E-state index < -0.39 is 0 Å². The zero-order valence-electron chi connectivity index (χ0n) is 9.53. The van der Waals surface area contributed by atoms with Crippen LogP contribution in [0.2, 0.25) is 0 Å². The molecule has 0 unspecified atom stereocenters. The highest BCUT2D eigenvalue weighted by atomic mass is 32.2. The van der Waals surface area contributed by atoms with Crippen LogP contribution in [0, 0.1) is 0 Å². The molecule has 0 amide bonds. The molecule has 3 nitrogen and oxygen atoms in total. The van der Waals surface area contributed by atoms with Gasteiger partial charge in [-0.3, -0.25) is 0 Å². The van der Waals surface area contributed by atoms with Crippen molar-refractivity contribution in [1.29, 1.82) is 0 Å². The van der Waals surface area contributed by atoms with Crippen LogP contribution in [0.4, 0.5) is 0 Å². The topological polar surface area (TPSA) is 35.0 Å². The number of thioether (sulfide) groups is 1. The maximum atomic E-state index is 5.27. The molecule has 0 N–H and O–H groups in total. The van der Waals surface area contributed by atoms with Gasteiger partial charge in [-0.05, 0) is 31.2 Å². The minimum atomic E-state index is 0.706. The molecule has 0 atom stereocenters. The summed E-state index contributed by atoms with van der Waals surface area (Å²) in [5.74, 6) is 1.59. The number of ether oxygens (including phenoxy) is 1. The Morgan fingerprint density at radius 2 is 2.06 bits per heavy atom. The van der Waals surface area contributed by atoms with Crippen molar-refractivity contribution in [3.05, 3.63) is 23.8 Å². The summed E-state index contributed by atoms with van der Waals surface area (Å²) in [6.45, 7) is 3.73. The van der Waals surface area contributed by atoms with Crippen LogP contribution < -0.4 is 4.74 Å². The van der Waals surface area contributed by atoms with Gasteiger partial charge >= 0.3 is 0 Å². The smallest absolute Gasteiger partial charge is 0.236 e. The Morgan fingerprint density at radius 3 is 2.75 bits per heavy atom. The molecule has 0 fully saturated rings. The Balaban J connectivity index is 2.35. The lowest BCUT2D eigenvalue weighted by Gasteiger charge is -2.19. The molecule has 1 aromatic rings. The Labute approximate surface area is 100 Å². The summed E-state index contributed by atoms with van der Waals surface area (Å²) in [5.41, 5.74) is 2.60. The Hall–Kier alpha value is -1.03. The molecule has 0 bridgehead atoms. The quantitative estimate of drug-likeness (QED) is 0.594. The van der Waals surface area contributed by atoms with Gasteiger partial charge in [0.1, 0.15) is 5.03 Å². The number of methoxy groups -OCH3 is 1. The van der Waals surface area contributed by atoms with Crippen LogP contribution in [-0.4, -0.2) is 23.1 Å². The number of rotatable bonds is 4. The highest BCUT2D eigenvalue weighted by molar-refractivity contribution is 7.99. The van der Waals surface area contributed by atoms with E-state index in [1.807, 2.05) is 6.08 Å². The van der Waals surface area contributed by atoms with Crippen LogP contribution in [0.5, 0.6) is 5.88 Å². The lowest BCUT2D eigenvalue weighted by atomic mass is 9.94. The van der Waals surface area contributed by atoms with Gasteiger partial charge in [0.25, 0.3) is 0 Å². The highest BCUT2D eigenvalue weighted by Gasteiger charge is 2.19. The predicted octanol–water partition coefficient (Wildman–Crippen LogP) is 2.64. The third-order valence-corrected chi connectivity index (χ3v) is 3.75. The molecular formula is C12H16N2OS. The van der Waals surface area contributed by atoms with Gasteiger partial charge in [-0.1, -0.05) is 6.08 Å². The van der Waals surface area contributed by atoms with Crippen LogP contribution in [0.1, 0.15) is 24.0 Å². The van der Waals surface area contributed by atoms with E-state index in [-0.39, 0.29) is 0 Å². The number of hydrogen-bond acceptors (Lipinski definition) is 4. The third-order valence-electron chi connectivity index (χ3n) is 2.75. The molecular weight excluding hydrogens is 220 g/mol. The standard InChI is InChI=1S/C12H16N2OS/c1-3-8-16-12-10-7-5-4-6-9(10)11(15-2)13-14-12/h3H,1,4-8H2,2H3. The molecule has 16 heavy (non-hydrogen) atoms. The van der Waals surface area contributed by atoms with Crippen LogP contribution in [-0.2, 0) is 12.8 Å². The average Bonchev–Trinajstić information content (AvgIpc) is 2.36. The summed E-state index contributed by atoms with van der Waals surface area (Å²) in [5, 5.41) is 9.43. The van der Waals surface area contributed by atoms with Crippen LogP contribution in [0.25, 0.3) is 0 Å². The fourth-order valence-electron chi connectivity index (χ4n) is 2.01. The SMILES string of the molecule is C=CCSc1nnc(OC)c2c1CCCC2. The molecule has 86 valence electrons. The second-order valence-electron chi connectivity index (χ2n) is 3.78. The van der Waals surface area contributed by atoms with E-state index in [1.54, 1.807) is 18.9 Å². The zero-order valence-corrected chi connectivity index (χ0v) is 10.3. The minimum absolute atomic E-state index is 0.706. The molecule has 0 radical (unpaired) electrons. The first-order chi connectivity index (χ1) is 7.86. The summed E-state index contributed by atoms with van der Waals surface area (Å²) < 4.78 is 5.27. The lowest BCUT2D eigenvalue weighted by Crippen LogP contribution is -2.10. The molecule has 0 aromatic carbocycles. The van der Waals surface area contributed by atoms with E-state index in [0.29, 0.717) is 5.88 Å². The summed E-state index contributed by atoms with van der Waals surface area (Å²) >= 11 is 1.71. The van der Waals surface area contributed by atoms with Crippen molar-refractivity contribution in [2.24, 2.45) is 0 Å². The van der Waals surface area contributed by atoms with Gasteiger partial charge in [0, 0.05) is 11.3 Å². The first kappa shape index (κ1) is 11.5. The van der Waals surface area contributed by atoms with Gasteiger partial charge in [0.05, 0.1) is 7.11 Å². The third kappa shape index (κ3) is 2.21. The molecule has 4 heteroatoms. The van der Waals surface area contributed by atoms with Gasteiger partial charge in [-0.15, -0.1) is 28.5 Å². The molecule has 1 aliphatic carbocycles. The summed E-state index contributed by atoms with van der Waals surface area (Å²) in [7, 11) is 1.66. The van der Waals surface area contributed by atoms with Crippen molar-refractivity contribution >= 4 is 11.8 Å². The first-order valence-corrected chi connectivity index (χ1v) is 6.51. The van der Waals surface area contributed by atoms with Crippen LogP contribution >= 0.6 is 11.8 Å². The average molecular weight is 236 g/mol. The molecule has 0 spiro atoms. The van der Waals surface area contributed by atoms with E-state index in [0.717, 1.165) is 23.6 Å². The van der Waals surface area contributed by atoms with Crippen LogP contribution in [0.15, 0.2) is 17.7 Å². The number of aromatic nitrogens is 2. The molecule has 0 saturated carbocycles. The summed E-state index contributed by atoms with van der Waals surface area (Å²) in [6, 6.07) is 0. The highest BCUT2D eigenvalue weighted by Crippen LogP contribution is 2.33. The van der Waals surface area contributed by atoms with Gasteiger partial charge in [0.15, 0.2) is 0 Å². The second kappa shape index (κ2) is 5.34. The van der Waals surface area contributed by atoms with E-state index in [2.05, 4.69) is 16.8 Å². The van der Waals surface area contributed by atoms with Gasteiger partial charge in [0.2, 0.25) is 5.88 Å². The zero-order chi connectivity index (χ0) is 11.4. The minimum Gasteiger partial charge on any atom is -0.480 e. The molecule has 1 aliphatic rings. The van der Waals surface area contributed by atoms with Crippen molar-refractivity contribution < 1.29 is 4.74 Å². The molecule has 0 saturated heterocycles. The van der Waals surface area contributed by atoms with Gasteiger partial charge in [-0.25, -0.2) is 0 Å². The lowest BCUT2D eigenvalue weighted by molar-refractivity contribution is 0.379. The Morgan fingerprint density at radius 1 is 1.31 bits per heavy atom. The normalized spacial score (nSPS) is 14.3. The molecule has 1 heterocycles. The number of hydrogen-bond donors (Lipinski definition) is 0. The van der Waals surface area contributed by atoms with Gasteiger partial charge in [-0.2, -0.15) is 0 Å². The molecule has 0 aliphatic heterocycles. The van der Waals surface area contributed by atoms with Crippen molar-refractivity contribution in [2.75, 3.05) is 12.9 Å². The van der Waals surface area contributed by atoms with E-state index in [4.69, 9.17) is 4.74 Å². The second-order valence-corrected chi connectivity index (χ2v) is 4.79. The summed E-state index contributed by atoms with van der Waals surface area (Å²) in [6.07, 6.45) is 6.52. The molecule has 1 aromatic heterocycles. The Kier molecular flexibility index (Phi) is 3.83. The fourth-order valence-corrected chi connectivity index (χ4v) is 2.78. The largest absolute Gasteiger partial charge is 0.480 e.